The smallest absolute Gasteiger partial charge is 0.434 e. The fourth-order valence-electron chi connectivity index (χ4n) is 1.79. The lowest BCUT2D eigenvalue weighted by molar-refractivity contribution is -0.133. The van der Waals surface area contributed by atoms with E-state index >= 15 is 0 Å². The van der Waals surface area contributed by atoms with E-state index in [-0.39, 0.29) is 11.8 Å². The molecule has 0 spiro atoms. The Morgan fingerprint density at radius 1 is 1.30 bits per heavy atom. The molecule has 0 saturated heterocycles. The van der Waals surface area contributed by atoms with E-state index in [1.807, 2.05) is 13.8 Å². The molecule has 0 aliphatic rings. The summed E-state index contributed by atoms with van der Waals surface area (Å²) in [6.45, 7) is 12.6. The van der Waals surface area contributed by atoms with Gasteiger partial charge in [0.25, 0.3) is 0 Å². The van der Waals surface area contributed by atoms with Crippen molar-refractivity contribution in [2.24, 2.45) is 4.99 Å². The standard InChI is InChI=1S/C17H29NO5/c1-8-10-11-12(3)22-13(9-2)14(15(19)21-7)18-16(20)23-17(4,5)6/h8,12-13H,1,9-11H2,2-7H3. The molecule has 0 rings (SSSR count). The first kappa shape index (κ1) is 21.3. The number of ether oxygens (including phenoxy) is 3. The quantitative estimate of drug-likeness (QED) is 0.386. The molecule has 0 aliphatic heterocycles. The highest BCUT2D eigenvalue weighted by atomic mass is 16.6. The van der Waals surface area contributed by atoms with Crippen molar-refractivity contribution in [2.45, 2.75) is 71.7 Å². The van der Waals surface area contributed by atoms with Gasteiger partial charge in [-0.2, -0.15) is 4.99 Å². The summed E-state index contributed by atoms with van der Waals surface area (Å²) < 4.78 is 15.7. The molecule has 0 saturated carbocycles. The van der Waals surface area contributed by atoms with Crippen LogP contribution in [-0.4, -0.2) is 42.7 Å². The van der Waals surface area contributed by atoms with E-state index in [0.29, 0.717) is 6.42 Å². The lowest BCUT2D eigenvalue weighted by atomic mass is 10.1. The molecule has 1 amide bonds. The highest BCUT2D eigenvalue weighted by molar-refractivity contribution is 6.39. The first-order valence-corrected chi connectivity index (χ1v) is 7.80. The van der Waals surface area contributed by atoms with Gasteiger partial charge in [0.15, 0.2) is 5.71 Å². The summed E-state index contributed by atoms with van der Waals surface area (Å²) in [6.07, 6.45) is 2.28. The first-order valence-electron chi connectivity index (χ1n) is 7.80. The van der Waals surface area contributed by atoms with Gasteiger partial charge in [-0.1, -0.05) is 13.0 Å². The third-order valence-corrected chi connectivity index (χ3v) is 2.85. The second-order valence-corrected chi connectivity index (χ2v) is 6.18. The zero-order chi connectivity index (χ0) is 18.0. The molecule has 0 heterocycles. The minimum absolute atomic E-state index is 0.0743. The Bertz CT molecular complexity index is 437. The third-order valence-electron chi connectivity index (χ3n) is 2.85. The maximum Gasteiger partial charge on any atom is 0.434 e. The summed E-state index contributed by atoms with van der Waals surface area (Å²) in [7, 11) is 1.24. The summed E-state index contributed by atoms with van der Waals surface area (Å²) in [5.74, 6) is -0.696. The second kappa shape index (κ2) is 10.2. The van der Waals surface area contributed by atoms with E-state index in [2.05, 4.69) is 11.6 Å². The second-order valence-electron chi connectivity index (χ2n) is 6.18. The average Bonchev–Trinajstić information content (AvgIpc) is 2.45. The van der Waals surface area contributed by atoms with Gasteiger partial charge in [-0.3, -0.25) is 0 Å². The Balaban J connectivity index is 5.21. The van der Waals surface area contributed by atoms with Crippen LogP contribution in [0.25, 0.3) is 0 Å². The van der Waals surface area contributed by atoms with Crippen LogP contribution >= 0.6 is 0 Å². The van der Waals surface area contributed by atoms with E-state index in [4.69, 9.17) is 14.2 Å². The van der Waals surface area contributed by atoms with Crippen LogP contribution in [0.15, 0.2) is 17.6 Å². The molecule has 0 N–H and O–H groups in total. The molecule has 0 aliphatic carbocycles. The maximum absolute atomic E-state index is 12.0. The van der Waals surface area contributed by atoms with Crippen molar-refractivity contribution >= 4 is 17.8 Å². The zero-order valence-electron chi connectivity index (χ0n) is 15.0. The van der Waals surface area contributed by atoms with Crippen molar-refractivity contribution in [3.8, 4) is 0 Å². The molecule has 0 aromatic heterocycles. The summed E-state index contributed by atoms with van der Waals surface area (Å²) in [5.41, 5.74) is -0.767. The van der Waals surface area contributed by atoms with Gasteiger partial charge < -0.3 is 14.2 Å². The summed E-state index contributed by atoms with van der Waals surface area (Å²) in [5, 5.41) is 0. The molecule has 0 aromatic rings. The monoisotopic (exact) mass is 327 g/mol. The number of nitrogens with zero attached hydrogens (tertiary/aromatic N) is 1. The van der Waals surface area contributed by atoms with Crippen LogP contribution in [0.5, 0.6) is 0 Å². The van der Waals surface area contributed by atoms with Gasteiger partial charge in [-0.25, -0.2) is 9.59 Å². The first-order chi connectivity index (χ1) is 10.6. The van der Waals surface area contributed by atoms with Crippen molar-refractivity contribution in [3.63, 3.8) is 0 Å². The summed E-state index contributed by atoms with van der Waals surface area (Å²) in [4.78, 5) is 27.6. The molecule has 0 fully saturated rings. The molecule has 0 bridgehead atoms. The predicted octanol–water partition coefficient (Wildman–Crippen LogP) is 3.69. The van der Waals surface area contributed by atoms with Crippen LogP contribution < -0.4 is 0 Å². The minimum atomic E-state index is -0.835. The fraction of sp³-hybridized carbons (Fsp3) is 0.706. The number of allylic oxidation sites excluding steroid dienone is 1. The molecular formula is C17H29NO5. The van der Waals surface area contributed by atoms with Crippen LogP contribution in [0.3, 0.4) is 0 Å². The normalized spacial score (nSPS) is 14.8. The Kier molecular flexibility index (Phi) is 9.41. The van der Waals surface area contributed by atoms with Crippen molar-refractivity contribution in [1.29, 1.82) is 0 Å². The summed E-state index contributed by atoms with van der Waals surface area (Å²) >= 11 is 0. The van der Waals surface area contributed by atoms with E-state index in [0.717, 1.165) is 12.8 Å². The number of aliphatic imine (C=N–C) groups is 1. The largest absolute Gasteiger partial charge is 0.464 e. The highest BCUT2D eigenvalue weighted by Gasteiger charge is 2.27. The fourth-order valence-corrected chi connectivity index (χ4v) is 1.79. The molecule has 23 heavy (non-hydrogen) atoms. The molecule has 2 atom stereocenters. The van der Waals surface area contributed by atoms with Crippen LogP contribution in [0.2, 0.25) is 0 Å². The molecule has 2 unspecified atom stereocenters. The topological polar surface area (TPSA) is 74.2 Å². The van der Waals surface area contributed by atoms with Crippen molar-refractivity contribution in [3.05, 3.63) is 12.7 Å². The number of carbonyl (C=O) groups excluding carboxylic acids is 2. The predicted molar refractivity (Wildman–Crippen MR) is 89.7 cm³/mol. The van der Waals surface area contributed by atoms with Crippen molar-refractivity contribution < 1.29 is 23.8 Å². The van der Waals surface area contributed by atoms with Crippen molar-refractivity contribution in [1.82, 2.24) is 0 Å². The number of rotatable bonds is 8. The molecule has 6 nitrogen and oxygen atoms in total. The Hall–Kier alpha value is -1.69. The molecule has 0 aromatic carbocycles. The Morgan fingerprint density at radius 3 is 2.35 bits per heavy atom. The number of methoxy groups -OCH3 is 1. The number of hydrogen-bond donors (Lipinski definition) is 0. The van der Waals surface area contributed by atoms with Crippen LogP contribution in [-0.2, 0) is 19.0 Å². The average molecular weight is 327 g/mol. The molecule has 0 radical (unpaired) electrons. The number of esters is 1. The number of amides is 1. The zero-order valence-corrected chi connectivity index (χ0v) is 15.0. The molecular weight excluding hydrogens is 298 g/mol. The third kappa shape index (κ3) is 9.13. The SMILES string of the molecule is C=CCCC(C)OC(CC)C(=NC(=O)OC(C)(C)C)C(=O)OC. The van der Waals surface area contributed by atoms with Crippen LogP contribution in [0.1, 0.15) is 53.9 Å². The molecule has 132 valence electrons. The van der Waals surface area contributed by atoms with Gasteiger partial charge in [-0.15, -0.1) is 6.58 Å². The summed E-state index contributed by atoms with van der Waals surface area (Å²) in [6, 6.07) is 0. The van der Waals surface area contributed by atoms with Gasteiger partial charge >= 0.3 is 12.1 Å². The Morgan fingerprint density at radius 2 is 1.91 bits per heavy atom. The maximum atomic E-state index is 12.0. The van der Waals surface area contributed by atoms with E-state index in [1.54, 1.807) is 26.8 Å². The Labute approximate surface area is 138 Å². The lowest BCUT2D eigenvalue weighted by Crippen LogP contribution is -2.35. The van der Waals surface area contributed by atoms with E-state index < -0.39 is 23.8 Å². The van der Waals surface area contributed by atoms with Gasteiger partial charge in [0.05, 0.1) is 13.2 Å². The van der Waals surface area contributed by atoms with E-state index in [1.165, 1.54) is 7.11 Å². The number of carbonyl (C=O) groups is 2. The van der Waals surface area contributed by atoms with Gasteiger partial charge in [0.1, 0.15) is 11.7 Å². The number of hydrogen-bond acceptors (Lipinski definition) is 5. The van der Waals surface area contributed by atoms with Gasteiger partial charge in [-0.05, 0) is 47.0 Å². The van der Waals surface area contributed by atoms with Crippen molar-refractivity contribution in [2.75, 3.05) is 7.11 Å². The van der Waals surface area contributed by atoms with Crippen LogP contribution in [0, 0.1) is 0 Å². The molecule has 6 heteroatoms. The van der Waals surface area contributed by atoms with Crippen LogP contribution in [0.4, 0.5) is 4.79 Å². The van der Waals surface area contributed by atoms with Gasteiger partial charge in [0.2, 0.25) is 0 Å². The highest BCUT2D eigenvalue weighted by Crippen LogP contribution is 2.13. The van der Waals surface area contributed by atoms with Gasteiger partial charge in [0, 0.05) is 0 Å². The lowest BCUT2D eigenvalue weighted by Gasteiger charge is -2.22. The van der Waals surface area contributed by atoms with E-state index in [9.17, 15) is 9.59 Å². The minimum Gasteiger partial charge on any atom is -0.464 e.